The van der Waals surface area contributed by atoms with E-state index >= 15 is 0 Å². The molecule has 1 saturated heterocycles. The van der Waals surface area contributed by atoms with Crippen molar-refractivity contribution in [3.63, 3.8) is 0 Å². The van der Waals surface area contributed by atoms with Crippen LogP contribution in [0.1, 0.15) is 39.0 Å². The summed E-state index contributed by atoms with van der Waals surface area (Å²) in [5.41, 5.74) is 0. The van der Waals surface area contributed by atoms with Crippen LogP contribution in [-0.2, 0) is 4.79 Å². The van der Waals surface area contributed by atoms with Crippen molar-refractivity contribution in [2.24, 2.45) is 0 Å². The highest BCUT2D eigenvalue weighted by Gasteiger charge is 2.25. The number of hydrogen-bond acceptors (Lipinski definition) is 3. The molecule has 4 nitrogen and oxygen atoms in total. The van der Waals surface area contributed by atoms with Crippen molar-refractivity contribution < 1.29 is 15.0 Å². The van der Waals surface area contributed by atoms with Crippen LogP contribution in [0.4, 0.5) is 0 Å². The summed E-state index contributed by atoms with van der Waals surface area (Å²) >= 11 is 0. The monoisotopic (exact) mass is 215 g/mol. The normalized spacial score (nSPS) is 25.1. The van der Waals surface area contributed by atoms with Crippen molar-refractivity contribution in [1.82, 2.24) is 4.90 Å². The van der Waals surface area contributed by atoms with Gasteiger partial charge in [-0.2, -0.15) is 0 Å². The molecule has 0 bridgehead atoms. The quantitative estimate of drug-likeness (QED) is 0.720. The van der Waals surface area contributed by atoms with E-state index in [4.69, 9.17) is 5.11 Å². The van der Waals surface area contributed by atoms with E-state index in [9.17, 15) is 9.90 Å². The van der Waals surface area contributed by atoms with Crippen LogP contribution in [0.5, 0.6) is 0 Å². The highest BCUT2D eigenvalue weighted by molar-refractivity contribution is 5.67. The molecule has 0 amide bonds. The lowest BCUT2D eigenvalue weighted by atomic mass is 9.99. The molecule has 0 aliphatic carbocycles. The molecule has 1 aliphatic heterocycles. The second-order valence-corrected chi connectivity index (χ2v) is 4.30. The Kier molecular flexibility index (Phi) is 5.05. The van der Waals surface area contributed by atoms with Crippen molar-refractivity contribution >= 4 is 5.97 Å². The van der Waals surface area contributed by atoms with Crippen LogP contribution in [0.25, 0.3) is 0 Å². The lowest BCUT2D eigenvalue weighted by Crippen LogP contribution is -2.44. The summed E-state index contributed by atoms with van der Waals surface area (Å²) in [6, 6.07) is 0.123. The van der Waals surface area contributed by atoms with E-state index in [1.165, 1.54) is 0 Å². The zero-order chi connectivity index (χ0) is 11.3. The van der Waals surface area contributed by atoms with Gasteiger partial charge in [-0.3, -0.25) is 9.69 Å². The number of aliphatic hydroxyl groups excluding tert-OH is 1. The molecule has 0 aromatic heterocycles. The van der Waals surface area contributed by atoms with Gasteiger partial charge in [-0.1, -0.05) is 13.3 Å². The van der Waals surface area contributed by atoms with Crippen LogP contribution in [0.15, 0.2) is 0 Å². The van der Waals surface area contributed by atoms with E-state index in [1.807, 2.05) is 6.92 Å². The van der Waals surface area contributed by atoms with E-state index in [0.29, 0.717) is 6.54 Å². The molecule has 15 heavy (non-hydrogen) atoms. The molecule has 0 aromatic carbocycles. The Balaban J connectivity index is 2.45. The minimum atomic E-state index is -0.738. The van der Waals surface area contributed by atoms with Crippen molar-refractivity contribution in [2.75, 3.05) is 13.1 Å². The van der Waals surface area contributed by atoms with Gasteiger partial charge in [-0.05, 0) is 25.8 Å². The number of aliphatic hydroxyl groups is 1. The fraction of sp³-hybridized carbons (Fsp3) is 0.909. The van der Waals surface area contributed by atoms with E-state index in [2.05, 4.69) is 4.90 Å². The van der Waals surface area contributed by atoms with Crippen LogP contribution in [0.2, 0.25) is 0 Å². The average molecular weight is 215 g/mol. The molecular weight excluding hydrogens is 194 g/mol. The molecule has 2 N–H and O–H groups in total. The molecule has 0 radical (unpaired) electrons. The van der Waals surface area contributed by atoms with Crippen molar-refractivity contribution in [1.29, 1.82) is 0 Å². The Morgan fingerprint density at radius 2 is 2.27 bits per heavy atom. The van der Waals surface area contributed by atoms with Gasteiger partial charge in [-0.15, -0.1) is 0 Å². The maximum Gasteiger partial charge on any atom is 0.304 e. The topological polar surface area (TPSA) is 60.8 Å². The highest BCUT2D eigenvalue weighted by Crippen LogP contribution is 2.20. The second kappa shape index (κ2) is 6.08. The average Bonchev–Trinajstić information content (AvgIpc) is 2.20. The highest BCUT2D eigenvalue weighted by atomic mass is 16.4. The lowest BCUT2D eigenvalue weighted by molar-refractivity contribution is -0.139. The van der Waals surface area contributed by atoms with Crippen LogP contribution in [0, 0.1) is 0 Å². The Hall–Kier alpha value is -0.610. The third-order valence-electron chi connectivity index (χ3n) is 3.08. The van der Waals surface area contributed by atoms with Crippen LogP contribution in [0.3, 0.4) is 0 Å². The predicted octanol–water partition coefficient (Wildman–Crippen LogP) is 1.09. The summed E-state index contributed by atoms with van der Waals surface area (Å²) in [6.07, 6.45) is 3.79. The van der Waals surface area contributed by atoms with E-state index < -0.39 is 5.97 Å². The molecule has 2 atom stereocenters. The minimum Gasteiger partial charge on any atom is -0.481 e. The van der Waals surface area contributed by atoms with Gasteiger partial charge in [0.2, 0.25) is 0 Å². The lowest BCUT2D eigenvalue weighted by Gasteiger charge is -2.36. The number of piperidine rings is 1. The second-order valence-electron chi connectivity index (χ2n) is 4.30. The first kappa shape index (κ1) is 12.5. The van der Waals surface area contributed by atoms with E-state index in [0.717, 1.165) is 32.2 Å². The number of carbonyl (C=O) groups is 1. The third-order valence-corrected chi connectivity index (χ3v) is 3.08. The molecule has 1 aliphatic rings. The molecule has 1 heterocycles. The molecule has 0 aromatic rings. The predicted molar refractivity (Wildman–Crippen MR) is 57.8 cm³/mol. The molecule has 88 valence electrons. The summed E-state index contributed by atoms with van der Waals surface area (Å²) in [4.78, 5) is 12.8. The molecule has 0 spiro atoms. The summed E-state index contributed by atoms with van der Waals surface area (Å²) in [7, 11) is 0. The minimum absolute atomic E-state index is 0.123. The fourth-order valence-corrected chi connectivity index (χ4v) is 2.13. The summed E-state index contributed by atoms with van der Waals surface area (Å²) in [6.45, 7) is 3.49. The SMILES string of the molecule is CCC(O)CN1CCCCC1CC(=O)O. The van der Waals surface area contributed by atoms with Gasteiger partial charge in [-0.25, -0.2) is 0 Å². The Morgan fingerprint density at radius 1 is 1.53 bits per heavy atom. The van der Waals surface area contributed by atoms with E-state index in [1.54, 1.807) is 0 Å². The maximum atomic E-state index is 10.7. The first-order valence-electron chi connectivity index (χ1n) is 5.77. The van der Waals surface area contributed by atoms with Crippen LogP contribution < -0.4 is 0 Å². The van der Waals surface area contributed by atoms with Gasteiger partial charge in [0, 0.05) is 12.6 Å². The van der Waals surface area contributed by atoms with Crippen molar-refractivity contribution in [3.8, 4) is 0 Å². The van der Waals surface area contributed by atoms with Crippen molar-refractivity contribution in [2.45, 2.75) is 51.2 Å². The first-order chi connectivity index (χ1) is 7.13. The number of likely N-dealkylation sites (tertiary alicyclic amines) is 1. The van der Waals surface area contributed by atoms with Gasteiger partial charge in [0.1, 0.15) is 0 Å². The van der Waals surface area contributed by atoms with Gasteiger partial charge in [0.25, 0.3) is 0 Å². The van der Waals surface area contributed by atoms with Crippen LogP contribution in [-0.4, -0.2) is 46.3 Å². The first-order valence-corrected chi connectivity index (χ1v) is 5.77. The molecule has 4 heteroatoms. The van der Waals surface area contributed by atoms with Gasteiger partial charge in [0.15, 0.2) is 0 Å². The summed E-state index contributed by atoms with van der Waals surface area (Å²) in [5, 5.41) is 18.4. The summed E-state index contributed by atoms with van der Waals surface area (Å²) in [5.74, 6) is -0.738. The zero-order valence-corrected chi connectivity index (χ0v) is 9.35. The van der Waals surface area contributed by atoms with Gasteiger partial charge in [0.05, 0.1) is 12.5 Å². The number of hydrogen-bond donors (Lipinski definition) is 2. The number of aliphatic carboxylic acids is 1. The molecule has 1 fully saturated rings. The van der Waals surface area contributed by atoms with E-state index in [-0.39, 0.29) is 18.6 Å². The Morgan fingerprint density at radius 3 is 2.87 bits per heavy atom. The number of nitrogens with zero attached hydrogens (tertiary/aromatic N) is 1. The Labute approximate surface area is 90.9 Å². The number of carboxylic acid groups (broad SMARTS) is 1. The Bertz CT molecular complexity index is 208. The molecular formula is C11H21NO3. The standard InChI is InChI=1S/C11H21NO3/c1-2-10(13)8-12-6-4-3-5-9(12)7-11(14)15/h9-10,13H,2-8H2,1H3,(H,14,15). The van der Waals surface area contributed by atoms with Gasteiger partial charge < -0.3 is 10.2 Å². The van der Waals surface area contributed by atoms with Gasteiger partial charge >= 0.3 is 5.97 Å². The van der Waals surface area contributed by atoms with Crippen LogP contribution >= 0.6 is 0 Å². The number of rotatable bonds is 5. The van der Waals surface area contributed by atoms with Crippen molar-refractivity contribution in [3.05, 3.63) is 0 Å². The third kappa shape index (κ3) is 4.18. The fourth-order valence-electron chi connectivity index (χ4n) is 2.13. The zero-order valence-electron chi connectivity index (χ0n) is 9.35. The maximum absolute atomic E-state index is 10.7. The number of carboxylic acids is 1. The molecule has 0 saturated carbocycles. The molecule has 1 rings (SSSR count). The molecule has 2 unspecified atom stereocenters. The largest absolute Gasteiger partial charge is 0.481 e. The summed E-state index contributed by atoms with van der Waals surface area (Å²) < 4.78 is 0. The smallest absolute Gasteiger partial charge is 0.304 e. The number of β-amino-alcohol motifs (C(OH)–C–C–N with tert-alkyl or cyclic N) is 1.